The van der Waals surface area contributed by atoms with Crippen molar-refractivity contribution in [2.45, 2.75) is 31.6 Å². The van der Waals surface area contributed by atoms with Crippen molar-refractivity contribution in [1.29, 1.82) is 0 Å². The third kappa shape index (κ3) is 5.85. The Kier molecular flexibility index (Phi) is 7.19. The number of alkyl halides is 3. The van der Waals surface area contributed by atoms with Crippen LogP contribution in [0.15, 0.2) is 42.7 Å². The van der Waals surface area contributed by atoms with Crippen LogP contribution in [0.1, 0.15) is 30.0 Å². The Bertz CT molecular complexity index is 1640. The van der Waals surface area contributed by atoms with Gasteiger partial charge >= 0.3 is 12.2 Å². The maximum absolute atomic E-state index is 15.2. The summed E-state index contributed by atoms with van der Waals surface area (Å²) in [6.07, 6.45) is -1.34. The van der Waals surface area contributed by atoms with E-state index in [1.807, 2.05) is 7.05 Å². The number of urea groups is 1. The van der Waals surface area contributed by atoms with Crippen molar-refractivity contribution in [2.75, 3.05) is 49.6 Å². The van der Waals surface area contributed by atoms with Crippen LogP contribution in [0.4, 0.5) is 39.5 Å². The molecule has 1 saturated heterocycles. The summed E-state index contributed by atoms with van der Waals surface area (Å²) in [5.74, 6) is -0.538. The second-order valence-electron chi connectivity index (χ2n) is 10.8. The minimum Gasteiger partial charge on any atom is -0.383 e. The summed E-state index contributed by atoms with van der Waals surface area (Å²) in [5.41, 5.74) is 6.84. The van der Waals surface area contributed by atoms with E-state index < -0.39 is 23.6 Å². The van der Waals surface area contributed by atoms with Gasteiger partial charge in [0.25, 0.3) is 0 Å². The van der Waals surface area contributed by atoms with Crippen LogP contribution in [0, 0.1) is 5.82 Å². The molecule has 42 heavy (non-hydrogen) atoms. The molecule has 0 radical (unpaired) electrons. The molecule has 2 amide bonds. The van der Waals surface area contributed by atoms with E-state index in [4.69, 9.17) is 5.73 Å². The molecule has 0 unspecified atom stereocenters. The summed E-state index contributed by atoms with van der Waals surface area (Å²) >= 11 is 0. The summed E-state index contributed by atoms with van der Waals surface area (Å²) in [6.45, 7) is 3.39. The fourth-order valence-electron chi connectivity index (χ4n) is 5.10. The highest BCUT2D eigenvalue weighted by molar-refractivity contribution is 6.01. The van der Waals surface area contributed by atoms with Crippen molar-refractivity contribution in [3.63, 3.8) is 0 Å². The molecule has 1 aliphatic heterocycles. The van der Waals surface area contributed by atoms with Crippen molar-refractivity contribution in [2.24, 2.45) is 0 Å². The molecular formula is C28H29F4N9O. The van der Waals surface area contributed by atoms with E-state index >= 15 is 4.39 Å². The highest BCUT2D eigenvalue weighted by atomic mass is 19.4. The zero-order valence-electron chi connectivity index (χ0n) is 22.7. The summed E-state index contributed by atoms with van der Waals surface area (Å²) < 4.78 is 57.9. The molecule has 0 spiro atoms. The van der Waals surface area contributed by atoms with Gasteiger partial charge in [0.05, 0.1) is 22.7 Å². The van der Waals surface area contributed by atoms with Crippen molar-refractivity contribution >= 4 is 34.3 Å². The van der Waals surface area contributed by atoms with E-state index in [1.54, 1.807) is 10.7 Å². The zero-order valence-corrected chi connectivity index (χ0v) is 22.7. The number of carbonyl (C=O) groups excluding carboxylic acids is 1. The van der Waals surface area contributed by atoms with Gasteiger partial charge in [0.1, 0.15) is 23.7 Å². The van der Waals surface area contributed by atoms with Gasteiger partial charge in [-0.15, -0.1) is 0 Å². The van der Waals surface area contributed by atoms with Gasteiger partial charge in [-0.3, -0.25) is 4.90 Å². The van der Waals surface area contributed by atoms with Crippen LogP contribution in [0.5, 0.6) is 0 Å². The van der Waals surface area contributed by atoms with Gasteiger partial charge < -0.3 is 21.3 Å². The molecule has 1 aliphatic carbocycles. The van der Waals surface area contributed by atoms with Gasteiger partial charge in [0.2, 0.25) is 0 Å². The Labute approximate surface area is 238 Å². The van der Waals surface area contributed by atoms with Gasteiger partial charge in [0, 0.05) is 44.0 Å². The largest absolute Gasteiger partial charge is 0.416 e. The lowest BCUT2D eigenvalue weighted by Gasteiger charge is -2.32. The fraction of sp³-hybridized carbons (Fsp3) is 0.357. The number of nitrogens with zero attached hydrogens (tertiary/aromatic N) is 6. The fourth-order valence-corrected chi connectivity index (χ4v) is 5.10. The van der Waals surface area contributed by atoms with Crippen molar-refractivity contribution in [3.05, 3.63) is 59.7 Å². The molecule has 2 aromatic heterocycles. The second-order valence-corrected chi connectivity index (χ2v) is 10.8. The highest BCUT2D eigenvalue weighted by Gasteiger charge is 2.32. The van der Waals surface area contributed by atoms with E-state index in [1.165, 1.54) is 24.5 Å². The quantitative estimate of drug-likeness (QED) is 0.275. The first-order valence-electron chi connectivity index (χ1n) is 13.5. The lowest BCUT2D eigenvalue weighted by molar-refractivity contribution is -0.137. The van der Waals surface area contributed by atoms with Crippen LogP contribution >= 0.6 is 0 Å². The number of rotatable bonds is 6. The molecule has 3 heterocycles. The average molecular weight is 584 g/mol. The number of hydrogen-bond acceptors (Lipinski definition) is 7. The molecule has 1 saturated carbocycles. The first-order valence-corrected chi connectivity index (χ1v) is 13.5. The van der Waals surface area contributed by atoms with E-state index in [2.05, 4.69) is 35.5 Å². The molecule has 2 aromatic carbocycles. The van der Waals surface area contributed by atoms with E-state index in [0.29, 0.717) is 34.4 Å². The second kappa shape index (κ2) is 10.8. The molecule has 10 nitrogen and oxygen atoms in total. The van der Waals surface area contributed by atoms with Crippen LogP contribution in [-0.2, 0) is 12.7 Å². The lowest BCUT2D eigenvalue weighted by Crippen LogP contribution is -2.43. The number of hydrogen-bond donors (Lipinski definition) is 3. The van der Waals surface area contributed by atoms with Gasteiger partial charge in [0.15, 0.2) is 5.65 Å². The summed E-state index contributed by atoms with van der Waals surface area (Å²) in [7, 11) is 1.99. The number of nitrogens with two attached hydrogens (primary N) is 1. The van der Waals surface area contributed by atoms with Crippen LogP contribution in [-0.4, -0.2) is 68.8 Å². The average Bonchev–Trinajstić information content (AvgIpc) is 3.70. The minimum absolute atomic E-state index is 0.0453. The molecule has 14 heteroatoms. The summed E-state index contributed by atoms with van der Waals surface area (Å²) in [6, 6.07) is 6.90. The Morgan fingerprint density at radius 3 is 2.50 bits per heavy atom. The monoisotopic (exact) mass is 583 g/mol. The van der Waals surface area contributed by atoms with Gasteiger partial charge in [-0.1, -0.05) is 6.07 Å². The van der Waals surface area contributed by atoms with E-state index in [9.17, 15) is 18.0 Å². The van der Waals surface area contributed by atoms with Crippen molar-refractivity contribution in [3.8, 4) is 11.3 Å². The normalized spacial score (nSPS) is 16.6. The number of benzene rings is 2. The Balaban J connectivity index is 1.20. The van der Waals surface area contributed by atoms with Crippen LogP contribution < -0.4 is 16.4 Å². The molecule has 0 atom stereocenters. The molecule has 0 bridgehead atoms. The number of likely N-dealkylation sites (N-methyl/N-ethyl adjacent to an activating group) is 1. The van der Waals surface area contributed by atoms with Crippen molar-refractivity contribution < 1.29 is 22.4 Å². The Morgan fingerprint density at radius 2 is 1.81 bits per heavy atom. The standard InChI is InChI=1S/C28H29F4N9O/c1-39-6-8-40(9-7-39)14-16-10-18(28(30,31)32)13-19(11-16)36-27(42)37-22-5-2-17(12-21(22)29)24-23-25(33)34-15-35-26(23)41(38-24)20-3-4-20/h2,5,10-13,15,20H,3-4,6-9,14H2,1H3,(H2,33,34,35)(H2,36,37,42). The maximum atomic E-state index is 15.2. The number of halogens is 4. The third-order valence-electron chi connectivity index (χ3n) is 7.48. The smallest absolute Gasteiger partial charge is 0.383 e. The molecular weight excluding hydrogens is 554 g/mol. The van der Waals surface area contributed by atoms with Gasteiger partial charge in [-0.25, -0.2) is 23.8 Å². The topological polar surface area (TPSA) is 117 Å². The number of amides is 2. The zero-order chi connectivity index (χ0) is 29.6. The molecule has 4 N–H and O–H groups in total. The minimum atomic E-state index is -4.60. The van der Waals surface area contributed by atoms with Gasteiger partial charge in [-0.05, 0) is 55.8 Å². The molecule has 2 aliphatic rings. The predicted molar refractivity (Wildman–Crippen MR) is 150 cm³/mol. The number of carbonyl (C=O) groups is 1. The highest BCUT2D eigenvalue weighted by Crippen LogP contribution is 2.40. The molecule has 2 fully saturated rings. The Morgan fingerprint density at radius 1 is 1.05 bits per heavy atom. The van der Waals surface area contributed by atoms with E-state index in [0.717, 1.165) is 51.2 Å². The van der Waals surface area contributed by atoms with Crippen LogP contribution in [0.25, 0.3) is 22.3 Å². The third-order valence-corrected chi connectivity index (χ3v) is 7.48. The number of nitrogen functional groups attached to an aromatic ring is 1. The predicted octanol–water partition coefficient (Wildman–Crippen LogP) is 4.96. The number of anilines is 3. The molecule has 6 rings (SSSR count). The first-order chi connectivity index (χ1) is 20.0. The van der Waals surface area contributed by atoms with Gasteiger partial charge in [-0.2, -0.15) is 18.3 Å². The number of aromatic nitrogens is 4. The lowest BCUT2D eigenvalue weighted by atomic mass is 10.1. The first kappa shape index (κ1) is 27.8. The Hall–Kier alpha value is -4.30. The molecule has 4 aromatic rings. The SMILES string of the molecule is CN1CCN(Cc2cc(NC(=O)Nc3ccc(-c4nn(C5CC5)c5ncnc(N)c45)cc3F)cc(C(F)(F)F)c2)CC1. The number of nitrogens with one attached hydrogen (secondary N) is 2. The van der Waals surface area contributed by atoms with Crippen LogP contribution in [0.2, 0.25) is 0 Å². The summed E-state index contributed by atoms with van der Waals surface area (Å²) in [5, 5.41) is 9.94. The van der Waals surface area contributed by atoms with Crippen LogP contribution in [0.3, 0.4) is 0 Å². The number of fused-ring (bicyclic) bond motifs is 1. The maximum Gasteiger partial charge on any atom is 0.416 e. The van der Waals surface area contributed by atoms with Crippen molar-refractivity contribution in [1.82, 2.24) is 29.5 Å². The molecule has 220 valence electrons. The van der Waals surface area contributed by atoms with E-state index in [-0.39, 0.29) is 23.2 Å². The summed E-state index contributed by atoms with van der Waals surface area (Å²) in [4.78, 5) is 25.3. The number of piperazine rings is 1.